The van der Waals surface area contributed by atoms with Gasteiger partial charge in [-0.2, -0.15) is 0 Å². The van der Waals surface area contributed by atoms with Crippen molar-refractivity contribution in [3.05, 3.63) is 0 Å². The zero-order valence-electron chi connectivity index (χ0n) is 10.2. The van der Waals surface area contributed by atoms with E-state index in [9.17, 15) is 0 Å². The van der Waals surface area contributed by atoms with E-state index in [1.807, 2.05) is 0 Å². The molecule has 2 aliphatic rings. The Morgan fingerprint density at radius 1 is 1.20 bits per heavy atom. The molecule has 0 spiro atoms. The summed E-state index contributed by atoms with van der Waals surface area (Å²) in [7, 11) is 0. The lowest BCUT2D eigenvalue weighted by atomic mass is 9.97. The number of nitrogens with one attached hydrogen (secondary N) is 1. The third-order valence-corrected chi connectivity index (χ3v) is 3.57. The van der Waals surface area contributed by atoms with Crippen LogP contribution < -0.4 is 5.32 Å². The smallest absolute Gasteiger partial charge is 0.0509 e. The molecule has 2 aliphatic carbocycles. The summed E-state index contributed by atoms with van der Waals surface area (Å²) in [6, 6.07) is 0.828. The van der Waals surface area contributed by atoms with Gasteiger partial charge in [0.15, 0.2) is 0 Å². The SMILES string of the molecule is CC(C)C(CNC1CC1)COCC1CC1. The fourth-order valence-corrected chi connectivity index (χ4v) is 1.76. The molecule has 2 fully saturated rings. The molecule has 2 saturated carbocycles. The van der Waals surface area contributed by atoms with Gasteiger partial charge in [0.05, 0.1) is 6.61 Å². The summed E-state index contributed by atoms with van der Waals surface area (Å²) in [5.41, 5.74) is 0. The maximum absolute atomic E-state index is 5.79. The molecule has 0 aromatic carbocycles. The van der Waals surface area contributed by atoms with Crippen LogP contribution in [0.3, 0.4) is 0 Å². The highest BCUT2D eigenvalue weighted by Crippen LogP contribution is 2.29. The van der Waals surface area contributed by atoms with Crippen molar-refractivity contribution < 1.29 is 4.74 Å². The maximum Gasteiger partial charge on any atom is 0.0509 e. The van der Waals surface area contributed by atoms with Crippen LogP contribution in [0, 0.1) is 17.8 Å². The van der Waals surface area contributed by atoms with Gasteiger partial charge < -0.3 is 10.1 Å². The van der Waals surface area contributed by atoms with Gasteiger partial charge in [-0.15, -0.1) is 0 Å². The van der Waals surface area contributed by atoms with Gasteiger partial charge >= 0.3 is 0 Å². The van der Waals surface area contributed by atoms with Crippen molar-refractivity contribution in [2.24, 2.45) is 17.8 Å². The highest BCUT2D eigenvalue weighted by atomic mass is 16.5. The van der Waals surface area contributed by atoms with E-state index in [0.29, 0.717) is 5.92 Å². The lowest BCUT2D eigenvalue weighted by Crippen LogP contribution is -2.31. The molecule has 0 radical (unpaired) electrons. The highest BCUT2D eigenvalue weighted by molar-refractivity contribution is 4.82. The zero-order chi connectivity index (χ0) is 10.7. The Labute approximate surface area is 93.8 Å². The molecule has 1 unspecified atom stereocenters. The van der Waals surface area contributed by atoms with Crippen LogP contribution in [0.5, 0.6) is 0 Å². The van der Waals surface area contributed by atoms with Crippen LogP contribution in [-0.2, 0) is 4.74 Å². The first-order valence-corrected chi connectivity index (χ1v) is 6.57. The van der Waals surface area contributed by atoms with E-state index < -0.39 is 0 Å². The second-order valence-corrected chi connectivity index (χ2v) is 5.67. The first-order valence-electron chi connectivity index (χ1n) is 6.57. The van der Waals surface area contributed by atoms with Gasteiger partial charge in [-0.25, -0.2) is 0 Å². The Hall–Kier alpha value is -0.0800. The Kier molecular flexibility index (Phi) is 4.04. The molecule has 0 saturated heterocycles. The van der Waals surface area contributed by atoms with Crippen LogP contribution in [0.25, 0.3) is 0 Å². The van der Waals surface area contributed by atoms with Gasteiger partial charge in [0.25, 0.3) is 0 Å². The Morgan fingerprint density at radius 2 is 1.93 bits per heavy atom. The maximum atomic E-state index is 5.79. The molecule has 0 aromatic heterocycles. The third kappa shape index (κ3) is 4.52. The molecule has 2 heteroatoms. The normalized spacial score (nSPS) is 23.4. The van der Waals surface area contributed by atoms with E-state index in [1.165, 1.54) is 25.7 Å². The largest absolute Gasteiger partial charge is 0.381 e. The minimum Gasteiger partial charge on any atom is -0.381 e. The molecule has 0 amide bonds. The van der Waals surface area contributed by atoms with Crippen LogP contribution in [0.2, 0.25) is 0 Å². The van der Waals surface area contributed by atoms with Crippen molar-refractivity contribution >= 4 is 0 Å². The van der Waals surface area contributed by atoms with Gasteiger partial charge in [-0.3, -0.25) is 0 Å². The van der Waals surface area contributed by atoms with E-state index in [1.54, 1.807) is 0 Å². The molecule has 0 aliphatic heterocycles. The summed E-state index contributed by atoms with van der Waals surface area (Å²) < 4.78 is 5.79. The topological polar surface area (TPSA) is 21.3 Å². The third-order valence-electron chi connectivity index (χ3n) is 3.57. The summed E-state index contributed by atoms with van der Waals surface area (Å²) in [4.78, 5) is 0. The lowest BCUT2D eigenvalue weighted by Gasteiger charge is -2.21. The predicted octanol–water partition coefficient (Wildman–Crippen LogP) is 2.44. The van der Waals surface area contributed by atoms with Gasteiger partial charge in [0.2, 0.25) is 0 Å². The van der Waals surface area contributed by atoms with E-state index in [-0.39, 0.29) is 0 Å². The number of rotatable bonds is 8. The Balaban J connectivity index is 1.57. The molecule has 0 aromatic rings. The van der Waals surface area contributed by atoms with Crippen LogP contribution in [0.4, 0.5) is 0 Å². The minimum absolute atomic E-state index is 0.698. The highest BCUT2D eigenvalue weighted by Gasteiger charge is 2.24. The second kappa shape index (κ2) is 5.31. The van der Waals surface area contributed by atoms with Gasteiger partial charge in [0, 0.05) is 19.2 Å². The predicted molar refractivity (Wildman–Crippen MR) is 62.9 cm³/mol. The molecular weight excluding hydrogens is 186 g/mol. The van der Waals surface area contributed by atoms with E-state index in [0.717, 1.165) is 37.6 Å². The quantitative estimate of drug-likeness (QED) is 0.666. The van der Waals surface area contributed by atoms with Crippen LogP contribution >= 0.6 is 0 Å². The Morgan fingerprint density at radius 3 is 2.47 bits per heavy atom. The molecule has 2 nitrogen and oxygen atoms in total. The van der Waals surface area contributed by atoms with E-state index in [2.05, 4.69) is 19.2 Å². The summed E-state index contributed by atoms with van der Waals surface area (Å²) in [6.45, 7) is 7.72. The van der Waals surface area contributed by atoms with Crippen molar-refractivity contribution in [2.75, 3.05) is 19.8 Å². The van der Waals surface area contributed by atoms with Gasteiger partial charge in [-0.1, -0.05) is 13.8 Å². The van der Waals surface area contributed by atoms with Crippen LogP contribution in [0.1, 0.15) is 39.5 Å². The molecule has 0 heterocycles. The van der Waals surface area contributed by atoms with Crippen LogP contribution in [-0.4, -0.2) is 25.8 Å². The summed E-state index contributed by atoms with van der Waals surface area (Å²) in [6.07, 6.45) is 5.56. The fourth-order valence-electron chi connectivity index (χ4n) is 1.76. The first-order chi connectivity index (χ1) is 7.25. The fraction of sp³-hybridized carbons (Fsp3) is 1.00. The van der Waals surface area contributed by atoms with Crippen LogP contribution in [0.15, 0.2) is 0 Å². The second-order valence-electron chi connectivity index (χ2n) is 5.67. The van der Waals surface area contributed by atoms with Crippen molar-refractivity contribution in [1.82, 2.24) is 5.32 Å². The number of hydrogen-bond acceptors (Lipinski definition) is 2. The molecule has 15 heavy (non-hydrogen) atoms. The first kappa shape index (κ1) is 11.4. The van der Waals surface area contributed by atoms with Crippen molar-refractivity contribution in [1.29, 1.82) is 0 Å². The monoisotopic (exact) mass is 211 g/mol. The molecule has 1 atom stereocenters. The van der Waals surface area contributed by atoms with Gasteiger partial charge in [-0.05, 0) is 43.4 Å². The minimum atomic E-state index is 0.698. The average Bonchev–Trinajstić information content (AvgIpc) is 3.02. The zero-order valence-corrected chi connectivity index (χ0v) is 10.2. The summed E-state index contributed by atoms with van der Waals surface area (Å²) in [5.74, 6) is 2.33. The van der Waals surface area contributed by atoms with Gasteiger partial charge in [0.1, 0.15) is 0 Å². The molecule has 0 bridgehead atoms. The summed E-state index contributed by atoms with van der Waals surface area (Å²) >= 11 is 0. The lowest BCUT2D eigenvalue weighted by molar-refractivity contribution is 0.0754. The van der Waals surface area contributed by atoms with Crippen molar-refractivity contribution in [2.45, 2.75) is 45.6 Å². The molecule has 2 rings (SSSR count). The molecule has 88 valence electrons. The number of ether oxygens (including phenoxy) is 1. The van der Waals surface area contributed by atoms with Crippen molar-refractivity contribution in [3.8, 4) is 0 Å². The van der Waals surface area contributed by atoms with E-state index in [4.69, 9.17) is 4.74 Å². The average molecular weight is 211 g/mol. The molecular formula is C13H25NO. The molecule has 1 N–H and O–H groups in total. The summed E-state index contributed by atoms with van der Waals surface area (Å²) in [5, 5.41) is 3.61. The van der Waals surface area contributed by atoms with Crippen molar-refractivity contribution in [3.63, 3.8) is 0 Å². The van der Waals surface area contributed by atoms with E-state index >= 15 is 0 Å². The standard InChI is InChI=1S/C13H25NO/c1-10(2)12(7-14-13-5-6-13)9-15-8-11-3-4-11/h10-14H,3-9H2,1-2H3. The Bertz CT molecular complexity index is 185. The number of hydrogen-bond donors (Lipinski definition) is 1.